The average Bonchev–Trinajstić information content (AvgIpc) is 2.41. The first-order valence-electron chi connectivity index (χ1n) is 5.80. The summed E-state index contributed by atoms with van der Waals surface area (Å²) >= 11 is 1.76. The van der Waals surface area contributed by atoms with Crippen LogP contribution in [-0.4, -0.2) is 10.5 Å². The summed E-state index contributed by atoms with van der Waals surface area (Å²) in [4.78, 5) is 0.968. The summed E-state index contributed by atoms with van der Waals surface area (Å²) in [5.74, 6) is 1.50. The van der Waals surface area contributed by atoms with Crippen LogP contribution in [0.1, 0.15) is 11.1 Å². The maximum absolute atomic E-state index is 12.4. The van der Waals surface area contributed by atoms with Crippen molar-refractivity contribution < 1.29 is 4.21 Å². The molecule has 2 aromatic carbocycles. The van der Waals surface area contributed by atoms with Crippen molar-refractivity contribution in [2.45, 2.75) is 16.4 Å². The Balaban J connectivity index is 2.19. The van der Waals surface area contributed by atoms with Gasteiger partial charge in [-0.25, -0.2) is 0 Å². The molecule has 0 heterocycles. The molecule has 1 atom stereocenters. The molecule has 0 spiro atoms. The third-order valence-corrected chi connectivity index (χ3v) is 4.74. The highest BCUT2D eigenvalue weighted by Crippen LogP contribution is 2.20. The Kier molecular flexibility index (Phi) is 5.02. The highest BCUT2D eigenvalue weighted by molar-refractivity contribution is 7.97. The van der Waals surface area contributed by atoms with E-state index in [1.165, 1.54) is 5.56 Å². The zero-order valence-electron chi connectivity index (χ0n) is 10.3. The molecule has 0 aliphatic rings. The smallest absolute Gasteiger partial charge is 0.0577 e. The van der Waals surface area contributed by atoms with E-state index >= 15 is 0 Å². The topological polar surface area (TPSA) is 17.1 Å². The van der Waals surface area contributed by atoms with E-state index in [2.05, 4.69) is 12.3 Å². The summed E-state index contributed by atoms with van der Waals surface area (Å²) in [6.07, 6.45) is 2.07. The largest absolute Gasteiger partial charge is 0.254 e. The summed E-state index contributed by atoms with van der Waals surface area (Å²) in [7, 11) is -0.961. The molecule has 1 nitrogen and oxygen atoms in total. The van der Waals surface area contributed by atoms with E-state index in [4.69, 9.17) is 0 Å². The number of hydrogen-bond donors (Lipinski definition) is 0. The Bertz CT molecular complexity index is 523. The Morgan fingerprint density at radius 3 is 2.39 bits per heavy atom. The second kappa shape index (κ2) is 6.76. The maximum atomic E-state index is 12.4. The Morgan fingerprint density at radius 2 is 1.67 bits per heavy atom. The van der Waals surface area contributed by atoms with Crippen LogP contribution >= 0.6 is 11.8 Å². The van der Waals surface area contributed by atoms with Crippen molar-refractivity contribution in [2.24, 2.45) is 0 Å². The summed E-state index contributed by atoms with van der Waals surface area (Å²) in [5, 5.41) is 0. The molecule has 2 aromatic rings. The van der Waals surface area contributed by atoms with Gasteiger partial charge >= 0.3 is 0 Å². The molecule has 1 unspecified atom stereocenters. The van der Waals surface area contributed by atoms with Gasteiger partial charge in [0.1, 0.15) is 0 Å². The molecule has 3 heteroatoms. The minimum absolute atomic E-state index is 0.590. The van der Waals surface area contributed by atoms with Gasteiger partial charge in [-0.1, -0.05) is 48.5 Å². The highest BCUT2D eigenvalue weighted by atomic mass is 32.2. The zero-order valence-corrected chi connectivity index (χ0v) is 12.0. The van der Waals surface area contributed by atoms with Crippen molar-refractivity contribution in [1.29, 1.82) is 0 Å². The zero-order chi connectivity index (χ0) is 12.8. The van der Waals surface area contributed by atoms with Crippen molar-refractivity contribution in [1.82, 2.24) is 0 Å². The molecule has 0 radical (unpaired) electrons. The number of rotatable bonds is 5. The molecule has 0 aliphatic carbocycles. The minimum atomic E-state index is -0.961. The van der Waals surface area contributed by atoms with Gasteiger partial charge in [-0.15, -0.1) is 0 Å². The third kappa shape index (κ3) is 3.47. The van der Waals surface area contributed by atoms with Crippen molar-refractivity contribution in [2.75, 3.05) is 6.26 Å². The van der Waals surface area contributed by atoms with Gasteiger partial charge in [-0.05, 0) is 23.4 Å². The van der Waals surface area contributed by atoms with E-state index in [9.17, 15) is 4.21 Å². The van der Waals surface area contributed by atoms with E-state index in [1.807, 2.05) is 48.5 Å². The van der Waals surface area contributed by atoms with Gasteiger partial charge in [-0.3, -0.25) is 4.21 Å². The first-order chi connectivity index (χ1) is 8.81. The first-order valence-corrected chi connectivity index (χ1v) is 8.51. The van der Waals surface area contributed by atoms with Crippen LogP contribution < -0.4 is 0 Å². The fourth-order valence-corrected chi connectivity index (χ4v) is 3.77. The lowest BCUT2D eigenvalue weighted by molar-refractivity contribution is 0.682. The molecule has 0 saturated carbocycles. The molecule has 2 rings (SSSR count). The van der Waals surface area contributed by atoms with Gasteiger partial charge < -0.3 is 0 Å². The number of thioether (sulfide) groups is 1. The highest BCUT2D eigenvalue weighted by Gasteiger charge is 2.09. The summed E-state index contributed by atoms with van der Waals surface area (Å²) in [5.41, 5.74) is 2.30. The molecule has 94 valence electrons. The summed E-state index contributed by atoms with van der Waals surface area (Å²) in [6, 6.07) is 18.0. The lowest BCUT2D eigenvalue weighted by atomic mass is 10.2. The van der Waals surface area contributed by atoms with Gasteiger partial charge in [0.15, 0.2) is 0 Å². The minimum Gasteiger partial charge on any atom is -0.254 e. The lowest BCUT2D eigenvalue weighted by Gasteiger charge is -2.08. The molecule has 0 fully saturated rings. The van der Waals surface area contributed by atoms with Gasteiger partial charge in [0.25, 0.3) is 0 Å². The van der Waals surface area contributed by atoms with Crippen molar-refractivity contribution in [3.63, 3.8) is 0 Å². The van der Waals surface area contributed by atoms with Crippen LogP contribution in [0.3, 0.4) is 0 Å². The van der Waals surface area contributed by atoms with E-state index in [1.54, 1.807) is 11.8 Å². The van der Waals surface area contributed by atoms with Crippen molar-refractivity contribution in [3.8, 4) is 0 Å². The van der Waals surface area contributed by atoms with Crippen LogP contribution in [0.4, 0.5) is 0 Å². The number of benzene rings is 2. The molecular weight excluding hydrogens is 260 g/mol. The molecule has 0 bridgehead atoms. The molecule has 0 N–H and O–H groups in total. The maximum Gasteiger partial charge on any atom is 0.0577 e. The van der Waals surface area contributed by atoms with E-state index in [0.29, 0.717) is 5.75 Å². The molecule has 0 aliphatic heterocycles. The van der Waals surface area contributed by atoms with Crippen molar-refractivity contribution >= 4 is 22.6 Å². The molecule has 0 amide bonds. The van der Waals surface area contributed by atoms with Crippen LogP contribution in [0.5, 0.6) is 0 Å². The molecule has 18 heavy (non-hydrogen) atoms. The fourth-order valence-electron chi connectivity index (χ4n) is 1.80. The van der Waals surface area contributed by atoms with Gasteiger partial charge in [0.05, 0.1) is 16.6 Å². The standard InChI is InChI=1S/C15H16OS2/c1-17-11-14-9-5-6-10-15(14)18(16)12-13-7-3-2-4-8-13/h2-10H,11-12H2,1H3. The quantitative estimate of drug-likeness (QED) is 0.825. The lowest BCUT2D eigenvalue weighted by Crippen LogP contribution is -2.00. The van der Waals surface area contributed by atoms with E-state index in [-0.39, 0.29) is 0 Å². The summed E-state index contributed by atoms with van der Waals surface area (Å²) in [6.45, 7) is 0. The first kappa shape index (κ1) is 13.4. The fraction of sp³-hybridized carbons (Fsp3) is 0.200. The van der Waals surface area contributed by atoms with Gasteiger partial charge in [-0.2, -0.15) is 11.8 Å². The second-order valence-corrected chi connectivity index (χ2v) is 6.30. The monoisotopic (exact) mass is 276 g/mol. The van der Waals surface area contributed by atoms with Crippen LogP contribution in [0.2, 0.25) is 0 Å². The Labute approximate surface area is 115 Å². The predicted molar refractivity (Wildman–Crippen MR) is 80.2 cm³/mol. The second-order valence-electron chi connectivity index (χ2n) is 4.02. The Morgan fingerprint density at radius 1 is 1.00 bits per heavy atom. The third-order valence-electron chi connectivity index (χ3n) is 2.66. The SMILES string of the molecule is CSCc1ccccc1S(=O)Cc1ccccc1. The molecule has 0 saturated heterocycles. The molecule has 0 aromatic heterocycles. The van der Waals surface area contributed by atoms with E-state index in [0.717, 1.165) is 16.2 Å². The van der Waals surface area contributed by atoms with Gasteiger partial charge in [0, 0.05) is 10.6 Å². The van der Waals surface area contributed by atoms with Crippen LogP contribution in [0.15, 0.2) is 59.5 Å². The van der Waals surface area contributed by atoms with E-state index < -0.39 is 10.8 Å². The summed E-state index contributed by atoms with van der Waals surface area (Å²) < 4.78 is 12.4. The number of hydrogen-bond acceptors (Lipinski definition) is 2. The molecular formula is C15H16OS2. The normalized spacial score (nSPS) is 12.3. The van der Waals surface area contributed by atoms with Crippen LogP contribution in [-0.2, 0) is 22.3 Å². The van der Waals surface area contributed by atoms with Crippen LogP contribution in [0.25, 0.3) is 0 Å². The van der Waals surface area contributed by atoms with Crippen LogP contribution in [0, 0.1) is 0 Å². The Hall–Kier alpha value is -1.06. The predicted octanol–water partition coefficient (Wildman–Crippen LogP) is 3.86. The van der Waals surface area contributed by atoms with Gasteiger partial charge in [0.2, 0.25) is 0 Å². The van der Waals surface area contributed by atoms with Crippen molar-refractivity contribution in [3.05, 3.63) is 65.7 Å². The average molecular weight is 276 g/mol.